The van der Waals surface area contributed by atoms with Crippen LogP contribution in [0.5, 0.6) is 11.5 Å². The monoisotopic (exact) mass is 799 g/mol. The molecule has 0 aliphatic rings. The van der Waals surface area contributed by atoms with E-state index in [0.29, 0.717) is 22.9 Å². The van der Waals surface area contributed by atoms with Crippen LogP contribution in [-0.2, 0) is 19.1 Å². The van der Waals surface area contributed by atoms with Gasteiger partial charge in [-0.3, -0.25) is 10.1 Å². The number of rotatable bonds is 30. The van der Waals surface area contributed by atoms with Gasteiger partial charge in [0.25, 0.3) is 5.69 Å². The Balaban J connectivity index is 1.94. The summed E-state index contributed by atoms with van der Waals surface area (Å²) in [5, 5.41) is 23.3. The van der Waals surface area contributed by atoms with E-state index in [9.17, 15) is 19.7 Å². The van der Waals surface area contributed by atoms with Crippen molar-refractivity contribution in [3.05, 3.63) is 95.6 Å². The zero-order valence-electron chi connectivity index (χ0n) is 34.5. The van der Waals surface area contributed by atoms with Crippen LogP contribution in [-0.4, -0.2) is 56.4 Å². The second-order valence-electron chi connectivity index (χ2n) is 13.9. The van der Waals surface area contributed by atoms with Crippen molar-refractivity contribution >= 4 is 46.1 Å². The molecule has 0 saturated heterocycles. The summed E-state index contributed by atoms with van der Waals surface area (Å²) in [6, 6.07) is 15.4. The third kappa shape index (κ3) is 17.2. The maximum Gasteiger partial charge on any atom is 0.330 e. The second-order valence-corrected chi connectivity index (χ2v) is 13.9. The summed E-state index contributed by atoms with van der Waals surface area (Å²) in [6.45, 7) is 15.4. The summed E-state index contributed by atoms with van der Waals surface area (Å²) in [4.78, 5) is 36.5. The Hall–Kier alpha value is -5.72. The van der Waals surface area contributed by atoms with Crippen LogP contribution in [0.15, 0.2) is 90.1 Å². The third-order valence-electron chi connectivity index (χ3n) is 9.31. The van der Waals surface area contributed by atoms with E-state index in [1.54, 1.807) is 12.1 Å². The topological polar surface area (TPSA) is 154 Å². The van der Waals surface area contributed by atoms with Gasteiger partial charge in [0.15, 0.2) is 0 Å². The fraction of sp³-hybridized carbons (Fsp3) is 0.467. The molecule has 13 heteroatoms. The summed E-state index contributed by atoms with van der Waals surface area (Å²) in [7, 11) is 0. The van der Waals surface area contributed by atoms with Crippen LogP contribution in [0.2, 0.25) is 0 Å². The van der Waals surface area contributed by atoms with Crippen LogP contribution in [0.4, 0.5) is 34.1 Å². The summed E-state index contributed by atoms with van der Waals surface area (Å²) < 4.78 is 22.4. The molecule has 3 rings (SSSR count). The second kappa shape index (κ2) is 27.0. The fourth-order valence-corrected chi connectivity index (χ4v) is 6.08. The molecule has 0 atom stereocenters. The van der Waals surface area contributed by atoms with Crippen molar-refractivity contribution in [1.82, 2.24) is 0 Å². The Labute approximate surface area is 343 Å². The van der Waals surface area contributed by atoms with Crippen LogP contribution in [0.25, 0.3) is 0 Å². The van der Waals surface area contributed by atoms with Crippen molar-refractivity contribution in [3.8, 4) is 11.5 Å². The Morgan fingerprint density at radius 2 is 1.26 bits per heavy atom. The quantitative estimate of drug-likeness (QED) is 0.0172. The van der Waals surface area contributed by atoms with Gasteiger partial charge in [-0.05, 0) is 55.7 Å². The molecule has 0 aromatic heterocycles. The first-order chi connectivity index (χ1) is 28.2. The summed E-state index contributed by atoms with van der Waals surface area (Å²) >= 11 is 0. The molecule has 0 heterocycles. The molecule has 0 unspecified atom stereocenters. The fourth-order valence-electron chi connectivity index (χ4n) is 6.08. The van der Waals surface area contributed by atoms with Gasteiger partial charge in [0.05, 0.1) is 16.3 Å². The molecular formula is C45H61N5O8. The van der Waals surface area contributed by atoms with E-state index in [0.717, 1.165) is 49.3 Å². The highest BCUT2D eigenvalue weighted by Gasteiger charge is 2.16. The van der Waals surface area contributed by atoms with Crippen LogP contribution < -0.4 is 19.7 Å². The van der Waals surface area contributed by atoms with E-state index in [2.05, 4.69) is 72.6 Å². The standard InChI is InChI=1S/C45H61N5O8/c1-6-10-12-14-16-18-26-49(27-19-17-15-13-11-7-2)38-24-25-39(35(5)32-38)46-40-33-43(56-29-31-58-45(52)9-4)41(34-42(40)55-28-30-57-44(51)8-3)48-47-36-20-22-37(23-21-36)50(53)54/h8-9,20-25,32-34,46H,3-4,6-7,10-19,26-31H2,1-2,5H3. The lowest BCUT2D eigenvalue weighted by Crippen LogP contribution is -2.25. The lowest BCUT2D eigenvalue weighted by Gasteiger charge is -2.26. The first-order valence-electron chi connectivity index (χ1n) is 20.5. The third-order valence-corrected chi connectivity index (χ3v) is 9.31. The van der Waals surface area contributed by atoms with E-state index in [1.807, 2.05) is 0 Å². The molecule has 0 amide bonds. The van der Waals surface area contributed by atoms with Gasteiger partial charge in [0, 0.05) is 60.9 Å². The number of nitrogens with zero attached hydrogens (tertiary/aromatic N) is 4. The SMILES string of the molecule is C=CC(=O)OCCOc1cc(Nc2ccc(N(CCCCCCCC)CCCCCCCC)cc2C)c(OCCOC(=O)C=C)cc1N=Nc1ccc([N+](=O)[O-])cc1. The highest BCUT2D eigenvalue weighted by Crippen LogP contribution is 2.41. The highest BCUT2D eigenvalue weighted by atomic mass is 16.6. The molecule has 314 valence electrons. The lowest BCUT2D eigenvalue weighted by molar-refractivity contribution is -0.384. The number of nitro benzene ring substituents is 1. The maximum absolute atomic E-state index is 11.7. The molecule has 58 heavy (non-hydrogen) atoms. The van der Waals surface area contributed by atoms with Gasteiger partial charge in [0.2, 0.25) is 0 Å². The number of benzene rings is 3. The summed E-state index contributed by atoms with van der Waals surface area (Å²) in [5.41, 5.74) is 4.16. The molecule has 0 bridgehead atoms. The van der Waals surface area contributed by atoms with E-state index in [-0.39, 0.29) is 37.8 Å². The molecule has 0 fully saturated rings. The van der Waals surface area contributed by atoms with Gasteiger partial charge in [-0.1, -0.05) is 91.2 Å². The van der Waals surface area contributed by atoms with Crippen molar-refractivity contribution in [2.45, 2.75) is 97.8 Å². The number of hydrogen-bond donors (Lipinski definition) is 1. The maximum atomic E-state index is 11.7. The first kappa shape index (κ1) is 46.7. The number of ether oxygens (including phenoxy) is 4. The van der Waals surface area contributed by atoms with Gasteiger partial charge in [-0.15, -0.1) is 5.11 Å². The summed E-state index contributed by atoms with van der Waals surface area (Å²) in [5.74, 6) is -0.486. The van der Waals surface area contributed by atoms with Crippen molar-refractivity contribution in [3.63, 3.8) is 0 Å². The Morgan fingerprint density at radius 3 is 1.79 bits per heavy atom. The van der Waals surface area contributed by atoms with Crippen LogP contribution in [0.3, 0.4) is 0 Å². The van der Waals surface area contributed by atoms with Crippen LogP contribution in [0.1, 0.15) is 96.5 Å². The number of non-ortho nitro benzene ring substituents is 1. The van der Waals surface area contributed by atoms with Gasteiger partial charge in [-0.2, -0.15) is 5.11 Å². The zero-order valence-corrected chi connectivity index (χ0v) is 34.5. The minimum atomic E-state index is -0.582. The molecule has 0 aliphatic carbocycles. The Morgan fingerprint density at radius 1 is 0.707 bits per heavy atom. The van der Waals surface area contributed by atoms with E-state index >= 15 is 0 Å². The Bertz CT molecular complexity index is 1760. The molecule has 0 aliphatic heterocycles. The number of hydrogen-bond acceptors (Lipinski definition) is 12. The van der Waals surface area contributed by atoms with Crippen molar-refractivity contribution < 1.29 is 33.5 Å². The predicted octanol–water partition coefficient (Wildman–Crippen LogP) is 11.8. The van der Waals surface area contributed by atoms with E-state index < -0.39 is 16.9 Å². The lowest BCUT2D eigenvalue weighted by atomic mass is 10.1. The molecular weight excluding hydrogens is 739 g/mol. The number of carbonyl (C=O) groups excluding carboxylic acids is 2. The van der Waals surface area contributed by atoms with Crippen LogP contribution >= 0.6 is 0 Å². The first-order valence-corrected chi connectivity index (χ1v) is 20.5. The van der Waals surface area contributed by atoms with Gasteiger partial charge in [0.1, 0.15) is 43.6 Å². The zero-order chi connectivity index (χ0) is 42.0. The minimum absolute atomic E-state index is 0.00243. The van der Waals surface area contributed by atoms with Crippen molar-refractivity contribution in [2.24, 2.45) is 10.2 Å². The molecule has 0 saturated carbocycles. The predicted molar refractivity (Wildman–Crippen MR) is 230 cm³/mol. The Kier molecular flexibility index (Phi) is 21.7. The average Bonchev–Trinajstić information content (AvgIpc) is 3.23. The molecule has 3 aromatic rings. The normalized spacial score (nSPS) is 10.9. The number of nitrogens with one attached hydrogen (secondary N) is 1. The number of anilines is 3. The highest BCUT2D eigenvalue weighted by molar-refractivity contribution is 5.81. The van der Waals surface area contributed by atoms with E-state index in [1.165, 1.54) is 94.2 Å². The van der Waals surface area contributed by atoms with E-state index in [4.69, 9.17) is 18.9 Å². The number of nitro groups is 1. The van der Waals surface area contributed by atoms with Crippen molar-refractivity contribution in [1.29, 1.82) is 0 Å². The number of esters is 2. The molecule has 3 aromatic carbocycles. The van der Waals surface area contributed by atoms with Crippen LogP contribution in [0, 0.1) is 17.0 Å². The molecule has 0 radical (unpaired) electrons. The van der Waals surface area contributed by atoms with Gasteiger partial charge >= 0.3 is 11.9 Å². The number of unbranched alkanes of at least 4 members (excludes halogenated alkanes) is 10. The minimum Gasteiger partial charge on any atom is -0.488 e. The van der Waals surface area contributed by atoms with Crippen molar-refractivity contribution in [2.75, 3.05) is 49.7 Å². The largest absolute Gasteiger partial charge is 0.488 e. The average molecular weight is 800 g/mol. The summed E-state index contributed by atoms with van der Waals surface area (Å²) in [6.07, 6.45) is 17.1. The number of azo groups is 1. The molecule has 1 N–H and O–H groups in total. The van der Waals surface area contributed by atoms with Gasteiger partial charge in [-0.25, -0.2) is 9.59 Å². The number of aryl methyl sites for hydroxylation is 1. The van der Waals surface area contributed by atoms with Gasteiger partial charge < -0.3 is 29.2 Å². The number of carbonyl (C=O) groups is 2. The molecule has 0 spiro atoms. The smallest absolute Gasteiger partial charge is 0.330 e. The molecule has 13 nitrogen and oxygen atoms in total.